The van der Waals surface area contributed by atoms with Crippen molar-refractivity contribution in [3.63, 3.8) is 0 Å². The summed E-state index contributed by atoms with van der Waals surface area (Å²) < 4.78 is 7.17. The van der Waals surface area contributed by atoms with Crippen LogP contribution in [0.15, 0.2) is 48.9 Å². The van der Waals surface area contributed by atoms with E-state index in [2.05, 4.69) is 25.3 Å². The molecule has 6 rings (SSSR count). The van der Waals surface area contributed by atoms with Crippen molar-refractivity contribution in [2.75, 3.05) is 37.0 Å². The molecule has 2 aromatic carbocycles. The molecule has 0 atom stereocenters. The van der Waals surface area contributed by atoms with Gasteiger partial charge in [0.1, 0.15) is 23.6 Å². The van der Waals surface area contributed by atoms with E-state index in [1.807, 2.05) is 53.9 Å². The van der Waals surface area contributed by atoms with Crippen molar-refractivity contribution < 1.29 is 14.3 Å². The van der Waals surface area contributed by atoms with Gasteiger partial charge in [-0.3, -0.25) is 9.48 Å². The molecule has 0 aliphatic carbocycles. The minimum Gasteiger partial charge on any atom is -0.497 e. The van der Waals surface area contributed by atoms with Crippen LogP contribution in [0, 0.1) is 6.92 Å². The van der Waals surface area contributed by atoms with Crippen molar-refractivity contribution in [3.05, 3.63) is 71.3 Å². The summed E-state index contributed by atoms with van der Waals surface area (Å²) in [4.78, 5) is 39.3. The molecule has 2 aliphatic rings. The number of methoxy groups -OCH3 is 1. The molecule has 0 radical (unpaired) electrons. The largest absolute Gasteiger partial charge is 0.497 e. The zero-order chi connectivity index (χ0) is 27.1. The minimum absolute atomic E-state index is 0.0619. The van der Waals surface area contributed by atoms with Crippen molar-refractivity contribution >= 4 is 34.2 Å². The van der Waals surface area contributed by atoms with E-state index < -0.39 is 0 Å². The normalized spacial score (nSPS) is 16.1. The highest BCUT2D eigenvalue weighted by Gasteiger charge is 2.31. The Labute approximate surface area is 226 Å². The first kappa shape index (κ1) is 24.8. The summed E-state index contributed by atoms with van der Waals surface area (Å²) >= 11 is 0. The van der Waals surface area contributed by atoms with E-state index >= 15 is 0 Å². The van der Waals surface area contributed by atoms with Crippen molar-refractivity contribution in [1.29, 1.82) is 0 Å². The summed E-state index contributed by atoms with van der Waals surface area (Å²) in [6, 6.07) is 11.4. The number of ketones is 1. The number of benzene rings is 2. The lowest BCUT2D eigenvalue weighted by molar-refractivity contribution is 0.103. The molecule has 2 amide bonds. The second-order valence-corrected chi connectivity index (χ2v) is 10.2. The van der Waals surface area contributed by atoms with E-state index in [1.165, 1.54) is 6.33 Å². The molecule has 4 heterocycles. The van der Waals surface area contributed by atoms with Gasteiger partial charge >= 0.3 is 6.03 Å². The van der Waals surface area contributed by atoms with Crippen LogP contribution in [0.1, 0.15) is 40.0 Å². The fourth-order valence-corrected chi connectivity index (χ4v) is 5.79. The number of fused-ring (bicyclic) bond motifs is 2. The van der Waals surface area contributed by atoms with E-state index in [0.717, 1.165) is 71.6 Å². The third kappa shape index (κ3) is 4.67. The van der Waals surface area contributed by atoms with Gasteiger partial charge in [-0.25, -0.2) is 14.8 Å². The second-order valence-electron chi connectivity index (χ2n) is 10.2. The van der Waals surface area contributed by atoms with Gasteiger partial charge in [0.15, 0.2) is 0 Å². The van der Waals surface area contributed by atoms with Crippen LogP contribution < -0.4 is 15.0 Å². The molecule has 0 spiro atoms. The number of rotatable bonds is 5. The SMILES string of the molecule is COc1ccc2c(c1)CCN(C1CCN(c3cc(C(=O)c4cc(C)c5c(cnn5C)c4)ncn3)CC1)C(=O)N2. The molecule has 200 valence electrons. The topological polar surface area (TPSA) is 105 Å². The zero-order valence-electron chi connectivity index (χ0n) is 22.3. The first-order valence-corrected chi connectivity index (χ1v) is 13.2. The van der Waals surface area contributed by atoms with E-state index in [4.69, 9.17) is 4.74 Å². The number of aryl methyl sites for hydroxylation is 2. The molecule has 2 aliphatic heterocycles. The number of carbonyl (C=O) groups is 2. The van der Waals surface area contributed by atoms with Gasteiger partial charge in [-0.05, 0) is 67.6 Å². The molecular weight excluding hydrogens is 494 g/mol. The standard InChI is InChI=1S/C29H31N7O3/c1-18-12-20(13-21-16-32-34(2)27(18)21)28(37)25-15-26(31-17-30-25)35-9-7-22(8-10-35)36-11-6-19-14-23(39-3)4-5-24(19)33-29(36)38/h4-5,12-17,22H,6-11H2,1-3H3,(H,33,38). The van der Waals surface area contributed by atoms with Gasteiger partial charge in [-0.2, -0.15) is 5.10 Å². The van der Waals surface area contributed by atoms with Crippen LogP contribution >= 0.6 is 0 Å². The van der Waals surface area contributed by atoms with Gasteiger partial charge in [-0.15, -0.1) is 0 Å². The number of hydrogen-bond acceptors (Lipinski definition) is 7. The summed E-state index contributed by atoms with van der Waals surface area (Å²) in [7, 11) is 3.54. The molecule has 39 heavy (non-hydrogen) atoms. The summed E-state index contributed by atoms with van der Waals surface area (Å²) in [5.74, 6) is 1.38. The maximum absolute atomic E-state index is 13.4. The lowest BCUT2D eigenvalue weighted by atomic mass is 10.0. The Morgan fingerprint density at radius 1 is 1.08 bits per heavy atom. The number of carbonyl (C=O) groups excluding carboxylic acids is 2. The van der Waals surface area contributed by atoms with Crippen LogP contribution in [0.4, 0.5) is 16.3 Å². The van der Waals surface area contributed by atoms with Gasteiger partial charge in [0, 0.05) is 55.4 Å². The van der Waals surface area contributed by atoms with Gasteiger partial charge in [-0.1, -0.05) is 0 Å². The number of aromatic nitrogens is 4. The summed E-state index contributed by atoms with van der Waals surface area (Å²) in [6.07, 6.45) is 5.63. The van der Waals surface area contributed by atoms with Crippen LogP contribution in [-0.4, -0.2) is 69.2 Å². The number of amides is 2. The molecule has 10 nitrogen and oxygen atoms in total. The maximum atomic E-state index is 13.4. The fourth-order valence-electron chi connectivity index (χ4n) is 5.79. The van der Waals surface area contributed by atoms with Crippen LogP contribution in [0.25, 0.3) is 10.9 Å². The van der Waals surface area contributed by atoms with Crippen LogP contribution in [0.3, 0.4) is 0 Å². The summed E-state index contributed by atoms with van der Waals surface area (Å²) in [5, 5.41) is 8.31. The molecule has 1 saturated heterocycles. The predicted octanol–water partition coefficient (Wildman–Crippen LogP) is 3.97. The Morgan fingerprint density at radius 3 is 2.69 bits per heavy atom. The van der Waals surface area contributed by atoms with Gasteiger partial charge in [0.05, 0.1) is 18.8 Å². The number of ether oxygens (including phenoxy) is 1. The molecule has 2 aromatic heterocycles. The molecular formula is C29H31N7O3. The molecule has 10 heteroatoms. The van der Waals surface area contributed by atoms with Gasteiger partial charge < -0.3 is 19.9 Å². The van der Waals surface area contributed by atoms with E-state index in [0.29, 0.717) is 17.8 Å². The Kier molecular flexibility index (Phi) is 6.38. The van der Waals surface area contributed by atoms with Crippen molar-refractivity contribution in [2.24, 2.45) is 7.05 Å². The molecule has 0 bridgehead atoms. The quantitative estimate of drug-likeness (QED) is 0.393. The van der Waals surface area contributed by atoms with E-state index in [-0.39, 0.29) is 17.9 Å². The minimum atomic E-state index is -0.139. The number of urea groups is 1. The van der Waals surface area contributed by atoms with Crippen molar-refractivity contribution in [1.82, 2.24) is 24.6 Å². The van der Waals surface area contributed by atoms with Crippen molar-refractivity contribution in [2.45, 2.75) is 32.2 Å². The van der Waals surface area contributed by atoms with Crippen molar-refractivity contribution in [3.8, 4) is 5.75 Å². The summed E-state index contributed by atoms with van der Waals surface area (Å²) in [5.41, 5.74) is 4.88. The Bertz CT molecular complexity index is 1570. The Morgan fingerprint density at radius 2 is 1.90 bits per heavy atom. The highest BCUT2D eigenvalue weighted by atomic mass is 16.5. The molecule has 1 fully saturated rings. The highest BCUT2D eigenvalue weighted by molar-refractivity contribution is 6.10. The number of nitrogens with zero attached hydrogens (tertiary/aromatic N) is 6. The summed E-state index contributed by atoms with van der Waals surface area (Å²) in [6.45, 7) is 4.11. The monoisotopic (exact) mass is 525 g/mol. The average Bonchev–Trinajstić information content (AvgIpc) is 3.25. The smallest absolute Gasteiger partial charge is 0.322 e. The number of hydrogen-bond donors (Lipinski definition) is 1. The fraction of sp³-hybridized carbons (Fsp3) is 0.345. The first-order chi connectivity index (χ1) is 18.9. The van der Waals surface area contributed by atoms with Gasteiger partial charge in [0.2, 0.25) is 5.78 Å². The van der Waals surface area contributed by atoms with E-state index in [1.54, 1.807) is 19.4 Å². The lowest BCUT2D eigenvalue weighted by Gasteiger charge is -2.38. The highest BCUT2D eigenvalue weighted by Crippen LogP contribution is 2.29. The predicted molar refractivity (Wildman–Crippen MR) is 149 cm³/mol. The van der Waals surface area contributed by atoms with Crippen LogP contribution in [-0.2, 0) is 13.5 Å². The average molecular weight is 526 g/mol. The first-order valence-electron chi connectivity index (χ1n) is 13.2. The number of piperidine rings is 1. The number of anilines is 2. The Hall–Kier alpha value is -4.47. The lowest BCUT2D eigenvalue weighted by Crippen LogP contribution is -2.49. The number of nitrogens with one attached hydrogen (secondary N) is 1. The second kappa shape index (κ2) is 10.0. The zero-order valence-corrected chi connectivity index (χ0v) is 22.3. The van der Waals surface area contributed by atoms with E-state index in [9.17, 15) is 9.59 Å². The third-order valence-electron chi connectivity index (χ3n) is 7.84. The third-order valence-corrected chi connectivity index (χ3v) is 7.84. The molecule has 0 unspecified atom stereocenters. The molecule has 0 saturated carbocycles. The maximum Gasteiger partial charge on any atom is 0.322 e. The Balaban J connectivity index is 1.13. The van der Waals surface area contributed by atoms with Gasteiger partial charge in [0.25, 0.3) is 0 Å². The molecule has 4 aromatic rings. The van der Waals surface area contributed by atoms with Crippen LogP contribution in [0.5, 0.6) is 5.75 Å². The van der Waals surface area contributed by atoms with Crippen LogP contribution in [0.2, 0.25) is 0 Å². The molecule has 1 N–H and O–H groups in total.